The van der Waals surface area contributed by atoms with E-state index in [1.165, 1.54) is 10.9 Å². The Morgan fingerprint density at radius 1 is 1.22 bits per heavy atom. The number of amides is 1. The molecule has 11 heteroatoms. The summed E-state index contributed by atoms with van der Waals surface area (Å²) in [7, 11) is 0. The summed E-state index contributed by atoms with van der Waals surface area (Å²) >= 11 is 0. The van der Waals surface area contributed by atoms with Crippen LogP contribution in [-0.2, 0) is 22.7 Å². The molecule has 0 aliphatic rings. The molecule has 0 saturated carbocycles. The van der Waals surface area contributed by atoms with E-state index in [4.69, 9.17) is 10.5 Å². The van der Waals surface area contributed by atoms with Crippen LogP contribution < -0.4 is 11.1 Å². The van der Waals surface area contributed by atoms with Crippen LogP contribution in [0.4, 0.5) is 5.69 Å². The highest BCUT2D eigenvalue weighted by Gasteiger charge is 2.28. The standard InChI is InChI=1S/C21H25N7O4/c1-21(2,22)20(29)23-17(14-32-13-15-8-4-3-5-9-15)19-24-26-27(25-19)12-16-10-6-7-11-18(16)28(30)31/h3-11,17H,12-14,22H2,1-2H3,(H,23,29). The number of ether oxygens (including phenoxy) is 1. The van der Waals surface area contributed by atoms with Crippen molar-refractivity contribution in [3.8, 4) is 0 Å². The van der Waals surface area contributed by atoms with Crippen molar-refractivity contribution < 1.29 is 14.5 Å². The summed E-state index contributed by atoms with van der Waals surface area (Å²) in [5.74, 6) is -0.185. The molecule has 0 aliphatic heterocycles. The maximum Gasteiger partial charge on any atom is 0.274 e. The third-order valence-electron chi connectivity index (χ3n) is 4.57. The zero-order valence-corrected chi connectivity index (χ0v) is 17.8. The van der Waals surface area contributed by atoms with E-state index in [1.807, 2.05) is 30.3 Å². The van der Waals surface area contributed by atoms with E-state index >= 15 is 0 Å². The Morgan fingerprint density at radius 3 is 2.59 bits per heavy atom. The number of carbonyl (C=O) groups excluding carboxylic acids is 1. The molecule has 0 aliphatic carbocycles. The fraction of sp³-hybridized carbons (Fsp3) is 0.333. The van der Waals surface area contributed by atoms with Gasteiger partial charge in [0.25, 0.3) is 5.69 Å². The molecule has 2 aromatic carbocycles. The highest BCUT2D eigenvalue weighted by atomic mass is 16.6. The molecule has 0 saturated heterocycles. The highest BCUT2D eigenvalue weighted by molar-refractivity contribution is 5.85. The van der Waals surface area contributed by atoms with Crippen molar-refractivity contribution in [2.45, 2.75) is 38.6 Å². The third kappa shape index (κ3) is 6.15. The van der Waals surface area contributed by atoms with Crippen LogP contribution in [0.25, 0.3) is 0 Å². The number of nitrogens with one attached hydrogen (secondary N) is 1. The summed E-state index contributed by atoms with van der Waals surface area (Å²) in [4.78, 5) is 24.5. The Bertz CT molecular complexity index is 1060. The molecule has 32 heavy (non-hydrogen) atoms. The number of aromatic nitrogens is 4. The molecule has 1 heterocycles. The van der Waals surface area contributed by atoms with Gasteiger partial charge in [0.05, 0.1) is 35.8 Å². The van der Waals surface area contributed by atoms with Gasteiger partial charge >= 0.3 is 0 Å². The minimum atomic E-state index is -1.11. The molecule has 3 rings (SSSR count). The van der Waals surface area contributed by atoms with E-state index in [0.29, 0.717) is 12.2 Å². The maximum absolute atomic E-state index is 12.4. The van der Waals surface area contributed by atoms with Gasteiger partial charge in [0.15, 0.2) is 5.82 Å². The monoisotopic (exact) mass is 439 g/mol. The van der Waals surface area contributed by atoms with Gasteiger partial charge in [-0.15, -0.1) is 10.2 Å². The van der Waals surface area contributed by atoms with Crippen molar-refractivity contribution in [3.05, 3.63) is 81.7 Å². The second kappa shape index (κ2) is 10.1. The molecule has 11 nitrogen and oxygen atoms in total. The summed E-state index contributed by atoms with van der Waals surface area (Å²) in [5.41, 5.74) is 6.16. The number of rotatable bonds is 10. The summed E-state index contributed by atoms with van der Waals surface area (Å²) in [6, 6.07) is 15.2. The molecule has 0 spiro atoms. The topological polar surface area (TPSA) is 151 Å². The van der Waals surface area contributed by atoms with Gasteiger partial charge in [-0.3, -0.25) is 14.9 Å². The van der Waals surface area contributed by atoms with Crippen molar-refractivity contribution in [1.82, 2.24) is 25.5 Å². The smallest absolute Gasteiger partial charge is 0.274 e. The molecule has 168 valence electrons. The number of carbonyl (C=O) groups is 1. The van der Waals surface area contributed by atoms with E-state index < -0.39 is 22.4 Å². The van der Waals surface area contributed by atoms with Crippen LogP contribution in [0.1, 0.15) is 36.8 Å². The Balaban J connectivity index is 1.75. The van der Waals surface area contributed by atoms with E-state index in [-0.39, 0.29) is 24.7 Å². The molecule has 3 N–H and O–H groups in total. The van der Waals surface area contributed by atoms with Crippen LogP contribution in [0.5, 0.6) is 0 Å². The lowest BCUT2D eigenvalue weighted by atomic mass is 10.1. The number of hydrogen-bond acceptors (Lipinski definition) is 8. The van der Waals surface area contributed by atoms with Gasteiger partial charge in [0.2, 0.25) is 5.91 Å². The molecule has 1 unspecified atom stereocenters. The minimum Gasteiger partial charge on any atom is -0.374 e. The Labute approximate surface area is 184 Å². The zero-order valence-electron chi connectivity index (χ0n) is 17.8. The van der Waals surface area contributed by atoms with Crippen LogP contribution >= 0.6 is 0 Å². The molecular formula is C21H25N7O4. The average molecular weight is 439 g/mol. The van der Waals surface area contributed by atoms with E-state index in [9.17, 15) is 14.9 Å². The number of benzene rings is 2. The first-order chi connectivity index (χ1) is 15.2. The van der Waals surface area contributed by atoms with Crippen LogP contribution in [0, 0.1) is 10.1 Å². The summed E-state index contributed by atoms with van der Waals surface area (Å²) < 4.78 is 5.77. The molecule has 1 aromatic heterocycles. The molecule has 1 atom stereocenters. The van der Waals surface area contributed by atoms with Gasteiger partial charge in [-0.2, -0.15) is 4.80 Å². The van der Waals surface area contributed by atoms with Crippen LogP contribution in [0.3, 0.4) is 0 Å². The van der Waals surface area contributed by atoms with Crippen LogP contribution in [0.2, 0.25) is 0 Å². The normalized spacial score (nSPS) is 12.3. The molecule has 3 aromatic rings. The summed E-state index contributed by atoms with van der Waals surface area (Å²) in [6.07, 6.45) is 0. The van der Waals surface area contributed by atoms with Gasteiger partial charge < -0.3 is 15.8 Å². The quantitative estimate of drug-likeness (QED) is 0.358. The lowest BCUT2D eigenvalue weighted by molar-refractivity contribution is -0.385. The number of para-hydroxylation sites is 1. The first-order valence-electron chi connectivity index (χ1n) is 9.95. The zero-order chi connectivity index (χ0) is 23.1. The minimum absolute atomic E-state index is 0.0349. The first kappa shape index (κ1) is 23.0. The molecule has 1 amide bonds. The van der Waals surface area contributed by atoms with Gasteiger partial charge in [0, 0.05) is 6.07 Å². The number of nitrogens with zero attached hydrogens (tertiary/aromatic N) is 5. The van der Waals surface area contributed by atoms with E-state index in [2.05, 4.69) is 20.7 Å². The first-order valence-corrected chi connectivity index (χ1v) is 9.95. The van der Waals surface area contributed by atoms with Crippen LogP contribution in [0.15, 0.2) is 54.6 Å². The highest BCUT2D eigenvalue weighted by Crippen LogP contribution is 2.18. The molecular weight excluding hydrogens is 414 g/mol. The summed E-state index contributed by atoms with van der Waals surface area (Å²) in [6.45, 7) is 3.65. The largest absolute Gasteiger partial charge is 0.374 e. The maximum atomic E-state index is 12.4. The predicted octanol–water partition coefficient (Wildman–Crippen LogP) is 1.74. The number of nitrogens with two attached hydrogens (primary N) is 1. The molecule has 0 radical (unpaired) electrons. The lowest BCUT2D eigenvalue weighted by Crippen LogP contribution is -2.50. The third-order valence-corrected chi connectivity index (χ3v) is 4.57. The Kier molecular flexibility index (Phi) is 7.23. The second-order valence-electron chi connectivity index (χ2n) is 7.81. The molecule has 0 fully saturated rings. The Hall–Kier alpha value is -3.70. The van der Waals surface area contributed by atoms with Gasteiger partial charge in [-0.25, -0.2) is 0 Å². The van der Waals surface area contributed by atoms with Crippen molar-refractivity contribution in [1.29, 1.82) is 0 Å². The van der Waals surface area contributed by atoms with Crippen molar-refractivity contribution in [2.24, 2.45) is 5.73 Å². The van der Waals surface area contributed by atoms with E-state index in [0.717, 1.165) is 5.56 Å². The van der Waals surface area contributed by atoms with Crippen molar-refractivity contribution >= 4 is 11.6 Å². The predicted molar refractivity (Wildman–Crippen MR) is 115 cm³/mol. The van der Waals surface area contributed by atoms with Crippen molar-refractivity contribution in [3.63, 3.8) is 0 Å². The Morgan fingerprint density at radius 2 is 1.91 bits per heavy atom. The molecule has 0 bridgehead atoms. The SMILES string of the molecule is CC(C)(N)C(=O)NC(COCc1ccccc1)c1nnn(Cc2ccccc2[N+](=O)[O-])n1. The van der Waals surface area contributed by atoms with E-state index in [1.54, 1.807) is 32.0 Å². The fourth-order valence-electron chi connectivity index (χ4n) is 2.83. The average Bonchev–Trinajstić information content (AvgIpc) is 3.21. The number of nitro benzene ring substituents is 1. The van der Waals surface area contributed by atoms with Crippen molar-refractivity contribution in [2.75, 3.05) is 6.61 Å². The fourth-order valence-corrected chi connectivity index (χ4v) is 2.83. The van der Waals surface area contributed by atoms with Crippen LogP contribution in [-0.4, -0.2) is 43.2 Å². The number of hydrogen-bond donors (Lipinski definition) is 2. The van der Waals surface area contributed by atoms with Gasteiger partial charge in [-0.05, 0) is 24.6 Å². The summed E-state index contributed by atoms with van der Waals surface area (Å²) in [5, 5.41) is 26.3. The lowest BCUT2D eigenvalue weighted by Gasteiger charge is -2.22. The van der Waals surface area contributed by atoms with Gasteiger partial charge in [0.1, 0.15) is 6.04 Å². The number of tetrazole rings is 1. The second-order valence-corrected chi connectivity index (χ2v) is 7.81. The van der Waals surface area contributed by atoms with Gasteiger partial charge in [-0.1, -0.05) is 48.5 Å². The number of nitro groups is 1.